The molecule has 3 aliphatic heterocycles. The standard InChI is InChI=1S/C16H24N2O4/c1-3-9(2)14-16(22)11-7-5-4-6-10(18-14)15(21)12(17-11)8-13(19)20/h4-5,9-12,14,17-18H,3,6-8H2,1-2H3,(H,19,20)/b5-4+/t9-,10?,11?,12-,14-/m0/s1. The number of Topliss-reactive ketones (excluding diaryl/α,β-unsaturated/α-hetero) is 2. The van der Waals surface area contributed by atoms with Gasteiger partial charge in [-0.25, -0.2) is 0 Å². The van der Waals surface area contributed by atoms with E-state index in [1.165, 1.54) is 0 Å². The third-order valence-corrected chi connectivity index (χ3v) is 4.62. The molecule has 2 unspecified atom stereocenters. The summed E-state index contributed by atoms with van der Waals surface area (Å²) in [6.45, 7) is 4.01. The smallest absolute Gasteiger partial charge is 0.305 e. The molecule has 6 heteroatoms. The summed E-state index contributed by atoms with van der Waals surface area (Å²) in [5.74, 6) is -1.06. The summed E-state index contributed by atoms with van der Waals surface area (Å²) in [5.41, 5.74) is 0. The van der Waals surface area contributed by atoms with Gasteiger partial charge in [-0.15, -0.1) is 0 Å². The van der Waals surface area contributed by atoms with E-state index >= 15 is 0 Å². The van der Waals surface area contributed by atoms with Crippen molar-refractivity contribution in [1.82, 2.24) is 10.6 Å². The lowest BCUT2D eigenvalue weighted by atomic mass is 9.87. The maximum absolute atomic E-state index is 12.8. The van der Waals surface area contributed by atoms with Crippen LogP contribution in [0.4, 0.5) is 0 Å². The zero-order valence-electron chi connectivity index (χ0n) is 13.0. The predicted molar refractivity (Wildman–Crippen MR) is 81.5 cm³/mol. The van der Waals surface area contributed by atoms with Crippen molar-refractivity contribution in [1.29, 1.82) is 0 Å². The normalized spacial score (nSPS) is 35.2. The van der Waals surface area contributed by atoms with E-state index in [4.69, 9.17) is 5.11 Å². The predicted octanol–water partition coefficient (Wildman–Crippen LogP) is 0.663. The monoisotopic (exact) mass is 308 g/mol. The average molecular weight is 308 g/mol. The molecule has 0 spiro atoms. The molecule has 0 aliphatic carbocycles. The minimum atomic E-state index is -1.04. The molecule has 0 saturated carbocycles. The van der Waals surface area contributed by atoms with Gasteiger partial charge in [0.1, 0.15) is 0 Å². The molecule has 6 nitrogen and oxygen atoms in total. The van der Waals surface area contributed by atoms with Crippen molar-refractivity contribution in [3.8, 4) is 0 Å². The highest BCUT2D eigenvalue weighted by Crippen LogP contribution is 2.20. The van der Waals surface area contributed by atoms with Crippen LogP contribution in [0, 0.1) is 5.92 Å². The Morgan fingerprint density at radius 1 is 1.23 bits per heavy atom. The molecule has 0 aromatic heterocycles. The van der Waals surface area contributed by atoms with Crippen LogP contribution in [-0.2, 0) is 14.4 Å². The summed E-state index contributed by atoms with van der Waals surface area (Å²) in [4.78, 5) is 36.4. The summed E-state index contributed by atoms with van der Waals surface area (Å²) in [6.07, 6.45) is 5.32. The molecular formula is C16H24N2O4. The van der Waals surface area contributed by atoms with E-state index in [0.717, 1.165) is 6.42 Å². The Bertz CT molecular complexity index is 483. The second kappa shape index (κ2) is 7.15. The highest BCUT2D eigenvalue weighted by atomic mass is 16.4. The molecule has 0 aromatic rings. The highest BCUT2D eigenvalue weighted by Gasteiger charge is 2.40. The van der Waals surface area contributed by atoms with Crippen LogP contribution in [0.5, 0.6) is 0 Å². The zero-order valence-corrected chi connectivity index (χ0v) is 13.0. The maximum Gasteiger partial charge on any atom is 0.305 e. The summed E-state index contributed by atoms with van der Waals surface area (Å²) in [7, 11) is 0. The summed E-state index contributed by atoms with van der Waals surface area (Å²) in [6, 6.07) is -2.23. The van der Waals surface area contributed by atoms with Crippen LogP contribution in [-0.4, -0.2) is 46.8 Å². The number of carbonyl (C=O) groups excluding carboxylic acids is 2. The van der Waals surface area contributed by atoms with Gasteiger partial charge in [0, 0.05) is 0 Å². The quantitative estimate of drug-likeness (QED) is 0.661. The van der Waals surface area contributed by atoms with E-state index < -0.39 is 24.1 Å². The van der Waals surface area contributed by atoms with Crippen LogP contribution in [0.3, 0.4) is 0 Å². The Morgan fingerprint density at radius 2 is 1.82 bits per heavy atom. The second-order valence-corrected chi connectivity index (χ2v) is 6.20. The SMILES string of the molecule is CC[C@H](C)[C@@H]1NC2C/C=C/CC(N[C@@H](CC(=O)O)C2=O)C1=O. The molecular weight excluding hydrogens is 284 g/mol. The molecule has 3 N–H and O–H groups in total. The fourth-order valence-corrected chi connectivity index (χ4v) is 3.10. The van der Waals surface area contributed by atoms with Crippen molar-refractivity contribution in [2.75, 3.05) is 0 Å². The number of hydrogen-bond donors (Lipinski definition) is 3. The van der Waals surface area contributed by atoms with Gasteiger partial charge in [0.2, 0.25) is 0 Å². The topological polar surface area (TPSA) is 95.5 Å². The van der Waals surface area contributed by atoms with Gasteiger partial charge in [-0.3, -0.25) is 25.0 Å². The summed E-state index contributed by atoms with van der Waals surface area (Å²) >= 11 is 0. The lowest BCUT2D eigenvalue weighted by Crippen LogP contribution is -2.63. The minimum absolute atomic E-state index is 0.0220. The molecule has 0 amide bonds. The highest BCUT2D eigenvalue weighted by molar-refractivity contribution is 5.97. The van der Waals surface area contributed by atoms with Crippen molar-refractivity contribution in [3.05, 3.63) is 12.2 Å². The fourth-order valence-electron chi connectivity index (χ4n) is 3.10. The number of carboxylic acids is 1. The molecule has 0 aromatic carbocycles. The van der Waals surface area contributed by atoms with Gasteiger partial charge in [0.15, 0.2) is 11.6 Å². The maximum atomic E-state index is 12.8. The number of fused-ring (bicyclic) bond motifs is 6. The first-order valence-corrected chi connectivity index (χ1v) is 7.90. The minimum Gasteiger partial charge on any atom is -0.481 e. The van der Waals surface area contributed by atoms with Crippen LogP contribution in [0.2, 0.25) is 0 Å². The number of rotatable bonds is 4. The van der Waals surface area contributed by atoms with Gasteiger partial charge in [-0.2, -0.15) is 0 Å². The molecule has 5 atom stereocenters. The summed E-state index contributed by atoms with van der Waals surface area (Å²) < 4.78 is 0. The lowest BCUT2D eigenvalue weighted by Gasteiger charge is -2.35. The van der Waals surface area contributed by atoms with E-state index in [1.807, 2.05) is 26.0 Å². The number of carboxylic acid groups (broad SMARTS) is 1. The van der Waals surface area contributed by atoms with Gasteiger partial charge >= 0.3 is 5.97 Å². The van der Waals surface area contributed by atoms with Crippen LogP contribution < -0.4 is 10.6 Å². The number of carbonyl (C=O) groups is 3. The van der Waals surface area contributed by atoms with Crippen LogP contribution >= 0.6 is 0 Å². The first-order chi connectivity index (χ1) is 10.4. The number of hydrogen-bond acceptors (Lipinski definition) is 5. The number of aliphatic carboxylic acids is 1. The van der Waals surface area contributed by atoms with E-state index in [9.17, 15) is 14.4 Å². The lowest BCUT2D eigenvalue weighted by molar-refractivity contribution is -0.141. The molecule has 0 radical (unpaired) electrons. The van der Waals surface area contributed by atoms with Crippen LogP contribution in [0.25, 0.3) is 0 Å². The molecule has 3 rings (SSSR count). The van der Waals surface area contributed by atoms with Gasteiger partial charge in [-0.1, -0.05) is 32.4 Å². The average Bonchev–Trinajstić information content (AvgIpc) is 2.60. The first-order valence-electron chi connectivity index (χ1n) is 7.90. The Balaban J connectivity index is 2.34. The molecule has 1 fully saturated rings. The van der Waals surface area contributed by atoms with Gasteiger partial charge < -0.3 is 5.11 Å². The largest absolute Gasteiger partial charge is 0.481 e. The van der Waals surface area contributed by atoms with E-state index in [1.54, 1.807) is 0 Å². The van der Waals surface area contributed by atoms with Gasteiger partial charge in [0.25, 0.3) is 0 Å². The molecule has 122 valence electrons. The van der Waals surface area contributed by atoms with E-state index in [2.05, 4.69) is 10.6 Å². The Labute approximate surface area is 130 Å². The van der Waals surface area contributed by atoms with Crippen molar-refractivity contribution in [3.63, 3.8) is 0 Å². The molecule has 3 aliphatic rings. The van der Waals surface area contributed by atoms with Gasteiger partial charge in [-0.05, 0) is 18.8 Å². The summed E-state index contributed by atoms with van der Waals surface area (Å²) in [5, 5.41) is 15.2. The number of ketones is 2. The van der Waals surface area contributed by atoms with Crippen LogP contribution in [0.1, 0.15) is 39.5 Å². The Morgan fingerprint density at radius 3 is 2.36 bits per heavy atom. The molecule has 3 heterocycles. The van der Waals surface area contributed by atoms with Gasteiger partial charge in [0.05, 0.1) is 30.6 Å². The third kappa shape index (κ3) is 3.62. The fraction of sp³-hybridized carbons (Fsp3) is 0.688. The van der Waals surface area contributed by atoms with E-state index in [0.29, 0.717) is 12.8 Å². The van der Waals surface area contributed by atoms with Crippen molar-refractivity contribution in [2.24, 2.45) is 5.92 Å². The van der Waals surface area contributed by atoms with Crippen molar-refractivity contribution in [2.45, 2.75) is 63.7 Å². The Kier molecular flexibility index (Phi) is 5.47. The van der Waals surface area contributed by atoms with E-state index in [-0.39, 0.29) is 29.9 Å². The zero-order chi connectivity index (χ0) is 16.3. The second-order valence-electron chi connectivity index (χ2n) is 6.20. The van der Waals surface area contributed by atoms with Crippen LogP contribution in [0.15, 0.2) is 12.2 Å². The first kappa shape index (κ1) is 16.8. The third-order valence-electron chi connectivity index (χ3n) is 4.62. The van der Waals surface area contributed by atoms with Crippen molar-refractivity contribution < 1.29 is 19.5 Å². The number of nitrogens with one attached hydrogen (secondary N) is 2. The Hall–Kier alpha value is -1.53. The molecule has 2 bridgehead atoms. The molecule has 22 heavy (non-hydrogen) atoms. The van der Waals surface area contributed by atoms with Crippen molar-refractivity contribution >= 4 is 17.5 Å². The molecule has 1 saturated heterocycles.